The molecule has 2 aromatic heterocycles. The highest BCUT2D eigenvalue weighted by Crippen LogP contribution is 2.35. The van der Waals surface area contributed by atoms with Gasteiger partial charge >= 0.3 is 6.18 Å². The summed E-state index contributed by atoms with van der Waals surface area (Å²) < 4.78 is 39.4. The maximum atomic E-state index is 13.1. The van der Waals surface area contributed by atoms with Gasteiger partial charge in [-0.1, -0.05) is 6.92 Å². The second-order valence-corrected chi connectivity index (χ2v) is 5.70. The van der Waals surface area contributed by atoms with Crippen molar-refractivity contribution in [3.05, 3.63) is 45.7 Å². The van der Waals surface area contributed by atoms with Crippen molar-refractivity contribution < 1.29 is 13.2 Å². The minimum Gasteiger partial charge on any atom is -0.310 e. The van der Waals surface area contributed by atoms with Crippen LogP contribution in [0, 0.1) is 6.92 Å². The number of aromatic nitrogens is 2. The van der Waals surface area contributed by atoms with Crippen molar-refractivity contribution in [3.63, 3.8) is 0 Å². The SMILES string of the molecule is CCNC(Cc1csc(C)n1)c1cnccc1C(F)(F)F. The molecule has 114 valence electrons. The van der Waals surface area contributed by atoms with Gasteiger partial charge in [-0.15, -0.1) is 11.3 Å². The lowest BCUT2D eigenvalue weighted by Gasteiger charge is -2.21. The van der Waals surface area contributed by atoms with Gasteiger partial charge in [0.05, 0.1) is 16.3 Å². The Morgan fingerprint density at radius 1 is 1.38 bits per heavy atom. The van der Waals surface area contributed by atoms with Crippen molar-refractivity contribution in [1.82, 2.24) is 15.3 Å². The lowest BCUT2D eigenvalue weighted by Crippen LogP contribution is -2.26. The second kappa shape index (κ2) is 6.53. The summed E-state index contributed by atoms with van der Waals surface area (Å²) in [5.74, 6) is 0. The van der Waals surface area contributed by atoms with Crippen LogP contribution in [0.25, 0.3) is 0 Å². The van der Waals surface area contributed by atoms with Crippen LogP contribution in [0.3, 0.4) is 0 Å². The van der Waals surface area contributed by atoms with Crippen molar-refractivity contribution in [2.24, 2.45) is 0 Å². The number of aryl methyl sites for hydroxylation is 1. The summed E-state index contributed by atoms with van der Waals surface area (Å²) >= 11 is 1.49. The average Bonchev–Trinajstić information content (AvgIpc) is 2.83. The third kappa shape index (κ3) is 4.01. The quantitative estimate of drug-likeness (QED) is 0.913. The number of likely N-dealkylation sites (N-methyl/N-ethyl adjacent to an activating group) is 1. The molecule has 0 aliphatic rings. The Balaban J connectivity index is 2.34. The smallest absolute Gasteiger partial charge is 0.310 e. The Bertz CT molecular complexity index is 595. The number of rotatable bonds is 5. The highest BCUT2D eigenvalue weighted by atomic mass is 32.1. The van der Waals surface area contributed by atoms with Gasteiger partial charge in [0.15, 0.2) is 0 Å². The number of hydrogen-bond acceptors (Lipinski definition) is 4. The van der Waals surface area contributed by atoms with Gasteiger partial charge in [0.25, 0.3) is 0 Å². The third-order valence-corrected chi connectivity index (χ3v) is 3.89. The molecule has 7 heteroatoms. The first-order chi connectivity index (χ1) is 9.91. The Labute approximate surface area is 125 Å². The molecular weight excluding hydrogens is 299 g/mol. The van der Waals surface area contributed by atoms with Crippen LogP contribution >= 0.6 is 11.3 Å². The number of nitrogens with one attached hydrogen (secondary N) is 1. The fourth-order valence-electron chi connectivity index (χ4n) is 2.19. The highest BCUT2D eigenvalue weighted by Gasteiger charge is 2.35. The molecule has 2 rings (SSSR count). The molecule has 21 heavy (non-hydrogen) atoms. The lowest BCUT2D eigenvalue weighted by molar-refractivity contribution is -0.138. The molecule has 0 saturated heterocycles. The van der Waals surface area contributed by atoms with E-state index in [0.29, 0.717) is 13.0 Å². The molecule has 0 radical (unpaired) electrons. The molecule has 0 bridgehead atoms. The van der Waals surface area contributed by atoms with Crippen molar-refractivity contribution in [2.45, 2.75) is 32.5 Å². The summed E-state index contributed by atoms with van der Waals surface area (Å²) in [6, 6.07) is 0.563. The van der Waals surface area contributed by atoms with Crippen LogP contribution < -0.4 is 5.32 Å². The molecule has 0 aliphatic heterocycles. The Hall–Kier alpha value is -1.47. The molecule has 0 amide bonds. The van der Waals surface area contributed by atoms with E-state index in [4.69, 9.17) is 0 Å². The normalized spacial score (nSPS) is 13.4. The highest BCUT2D eigenvalue weighted by molar-refractivity contribution is 7.09. The van der Waals surface area contributed by atoms with Crippen LogP contribution in [0.2, 0.25) is 0 Å². The zero-order valence-corrected chi connectivity index (χ0v) is 12.6. The Morgan fingerprint density at radius 2 is 2.14 bits per heavy atom. The fourth-order valence-corrected chi connectivity index (χ4v) is 2.82. The van der Waals surface area contributed by atoms with E-state index in [1.807, 2.05) is 19.2 Å². The van der Waals surface area contributed by atoms with Gasteiger partial charge in [-0.05, 0) is 25.1 Å². The number of pyridine rings is 1. The van der Waals surface area contributed by atoms with Crippen LogP contribution in [-0.2, 0) is 12.6 Å². The van der Waals surface area contributed by atoms with Crippen molar-refractivity contribution >= 4 is 11.3 Å². The molecule has 1 atom stereocenters. The molecule has 0 fully saturated rings. The lowest BCUT2D eigenvalue weighted by atomic mass is 9.98. The third-order valence-electron chi connectivity index (χ3n) is 3.06. The molecule has 0 saturated carbocycles. The maximum absolute atomic E-state index is 13.1. The topological polar surface area (TPSA) is 37.8 Å². The van der Waals surface area contributed by atoms with Gasteiger partial charge in [0.2, 0.25) is 0 Å². The molecule has 0 aromatic carbocycles. The van der Waals surface area contributed by atoms with E-state index in [1.165, 1.54) is 23.7 Å². The van der Waals surface area contributed by atoms with Gasteiger partial charge in [-0.3, -0.25) is 4.98 Å². The van der Waals surface area contributed by atoms with Crippen LogP contribution in [0.15, 0.2) is 23.8 Å². The molecule has 0 spiro atoms. The predicted molar refractivity (Wildman–Crippen MR) is 76.2 cm³/mol. The zero-order chi connectivity index (χ0) is 15.5. The molecule has 1 N–H and O–H groups in total. The summed E-state index contributed by atoms with van der Waals surface area (Å²) in [5.41, 5.74) is 0.313. The van der Waals surface area contributed by atoms with Gasteiger partial charge in [-0.2, -0.15) is 13.2 Å². The average molecular weight is 315 g/mol. The van der Waals surface area contributed by atoms with Crippen LogP contribution in [0.1, 0.15) is 34.8 Å². The zero-order valence-electron chi connectivity index (χ0n) is 11.7. The molecular formula is C14H16F3N3S. The number of hydrogen-bond donors (Lipinski definition) is 1. The molecule has 2 aromatic rings. The minimum absolute atomic E-state index is 0.164. The van der Waals surface area contributed by atoms with Gasteiger partial charge in [0, 0.05) is 30.2 Å². The Morgan fingerprint density at radius 3 is 2.71 bits per heavy atom. The van der Waals surface area contributed by atoms with Crippen molar-refractivity contribution in [2.75, 3.05) is 6.54 Å². The molecule has 3 nitrogen and oxygen atoms in total. The van der Waals surface area contributed by atoms with E-state index in [9.17, 15) is 13.2 Å². The maximum Gasteiger partial charge on any atom is 0.416 e. The van der Waals surface area contributed by atoms with Crippen LogP contribution in [0.5, 0.6) is 0 Å². The summed E-state index contributed by atoms with van der Waals surface area (Å²) in [7, 11) is 0. The standard InChI is InChI=1S/C14H16F3N3S/c1-3-19-13(6-10-8-21-9(2)20-10)11-7-18-5-4-12(11)14(15,16)17/h4-5,7-8,13,19H,3,6H2,1-2H3. The van der Waals surface area contributed by atoms with Gasteiger partial charge in [-0.25, -0.2) is 4.98 Å². The van der Waals surface area contributed by atoms with E-state index in [1.54, 1.807) is 0 Å². The van der Waals surface area contributed by atoms with Gasteiger partial charge in [0.1, 0.15) is 0 Å². The van der Waals surface area contributed by atoms with Crippen LogP contribution in [-0.4, -0.2) is 16.5 Å². The summed E-state index contributed by atoms with van der Waals surface area (Å²) in [5, 5.41) is 5.88. The molecule has 2 heterocycles. The largest absolute Gasteiger partial charge is 0.416 e. The number of thiazole rings is 1. The number of alkyl halides is 3. The predicted octanol–water partition coefficient (Wildman–Crippen LogP) is 3.76. The number of nitrogens with zero attached hydrogens (tertiary/aromatic N) is 2. The van der Waals surface area contributed by atoms with E-state index >= 15 is 0 Å². The first-order valence-corrected chi connectivity index (χ1v) is 7.45. The first-order valence-electron chi connectivity index (χ1n) is 6.57. The first kappa shape index (κ1) is 15.9. The Kier molecular flexibility index (Phi) is 4.95. The summed E-state index contributed by atoms with van der Waals surface area (Å²) in [6.07, 6.45) is -1.52. The summed E-state index contributed by atoms with van der Waals surface area (Å²) in [4.78, 5) is 8.18. The fraction of sp³-hybridized carbons (Fsp3) is 0.429. The summed E-state index contributed by atoms with van der Waals surface area (Å²) in [6.45, 7) is 4.31. The van der Waals surface area contributed by atoms with E-state index in [0.717, 1.165) is 16.8 Å². The second-order valence-electron chi connectivity index (χ2n) is 4.63. The minimum atomic E-state index is -4.38. The van der Waals surface area contributed by atoms with Crippen LogP contribution in [0.4, 0.5) is 13.2 Å². The number of halogens is 3. The monoisotopic (exact) mass is 315 g/mol. The van der Waals surface area contributed by atoms with Gasteiger partial charge < -0.3 is 5.32 Å². The van der Waals surface area contributed by atoms with Crippen molar-refractivity contribution in [3.8, 4) is 0 Å². The van der Waals surface area contributed by atoms with E-state index < -0.39 is 17.8 Å². The molecule has 1 unspecified atom stereocenters. The molecule has 0 aliphatic carbocycles. The van der Waals surface area contributed by atoms with E-state index in [-0.39, 0.29) is 5.56 Å². The van der Waals surface area contributed by atoms with Crippen molar-refractivity contribution in [1.29, 1.82) is 0 Å². The van der Waals surface area contributed by atoms with E-state index in [2.05, 4.69) is 15.3 Å².